The molecule has 0 amide bonds. The van der Waals surface area contributed by atoms with Crippen LogP contribution in [0.1, 0.15) is 0 Å². The van der Waals surface area contributed by atoms with Crippen molar-refractivity contribution in [2.45, 2.75) is 0 Å². The van der Waals surface area contributed by atoms with Crippen LogP contribution in [-0.2, 0) is 0 Å². The molecule has 64 heavy (non-hydrogen) atoms. The van der Waals surface area contributed by atoms with Gasteiger partial charge in [0.25, 0.3) is 0 Å². The fraction of sp³-hybridized carbons (Fsp3) is 0. The van der Waals surface area contributed by atoms with Gasteiger partial charge in [0.1, 0.15) is 0 Å². The van der Waals surface area contributed by atoms with Gasteiger partial charge < -0.3 is 9.13 Å². The topological polar surface area (TPSA) is 9.86 Å². The number of para-hydroxylation sites is 2. The lowest BCUT2D eigenvalue weighted by Crippen LogP contribution is -2.74. The van der Waals surface area contributed by atoms with Gasteiger partial charge in [-0.15, -0.1) is 11.3 Å². The van der Waals surface area contributed by atoms with Crippen molar-refractivity contribution >= 4 is 104 Å². The highest BCUT2D eigenvalue weighted by Gasteiger charge is 2.41. The first-order chi connectivity index (χ1) is 31.8. The zero-order valence-corrected chi connectivity index (χ0v) is 36.7. The van der Waals surface area contributed by atoms with E-state index in [-0.39, 0.29) is 0 Å². The van der Waals surface area contributed by atoms with Crippen LogP contribution in [0.25, 0.3) is 86.3 Å². The van der Waals surface area contributed by atoms with E-state index in [1.165, 1.54) is 95.7 Å². The zero-order valence-electron chi connectivity index (χ0n) is 34.9. The Hall–Kier alpha value is -7.76. The van der Waals surface area contributed by atoms with Crippen LogP contribution in [0.15, 0.2) is 243 Å². The molecule has 0 spiro atoms. The van der Waals surface area contributed by atoms with Crippen molar-refractivity contribution in [2.75, 3.05) is 0 Å². The molecule has 0 aliphatic heterocycles. The molecule has 0 aliphatic carbocycles. The average molecular weight is 849 g/mol. The third kappa shape index (κ3) is 5.43. The summed E-state index contributed by atoms with van der Waals surface area (Å²) in [6, 6.07) is 90.4. The number of nitrogens with zero attached hydrogens (tertiary/aromatic N) is 2. The van der Waals surface area contributed by atoms with Crippen LogP contribution in [0.2, 0.25) is 0 Å². The molecular formula is C60H40N2SSi. The predicted molar refractivity (Wildman–Crippen MR) is 277 cm³/mol. The minimum atomic E-state index is -2.77. The summed E-state index contributed by atoms with van der Waals surface area (Å²) in [7, 11) is -2.77. The molecule has 13 rings (SSSR count). The molecule has 0 saturated heterocycles. The minimum Gasteiger partial charge on any atom is -0.309 e. The maximum Gasteiger partial charge on any atom is 0.179 e. The Kier molecular flexibility index (Phi) is 8.45. The van der Waals surface area contributed by atoms with E-state index in [0.717, 1.165) is 11.4 Å². The molecule has 0 unspecified atom stereocenters. The van der Waals surface area contributed by atoms with Crippen LogP contribution < -0.4 is 20.7 Å². The van der Waals surface area contributed by atoms with Crippen molar-refractivity contribution < 1.29 is 0 Å². The van der Waals surface area contributed by atoms with Gasteiger partial charge in [0.2, 0.25) is 0 Å². The molecule has 10 aromatic carbocycles. The van der Waals surface area contributed by atoms with Gasteiger partial charge >= 0.3 is 0 Å². The normalized spacial score (nSPS) is 12.1. The molecular weight excluding hydrogens is 809 g/mol. The van der Waals surface area contributed by atoms with Crippen LogP contribution in [0.4, 0.5) is 0 Å². The second-order valence-electron chi connectivity index (χ2n) is 16.8. The lowest BCUT2D eigenvalue weighted by Gasteiger charge is -2.34. The van der Waals surface area contributed by atoms with Gasteiger partial charge in [0.05, 0.1) is 22.1 Å². The number of thiophene rings is 1. The number of rotatable bonds is 7. The largest absolute Gasteiger partial charge is 0.309 e. The van der Waals surface area contributed by atoms with Crippen molar-refractivity contribution in [1.82, 2.24) is 9.13 Å². The molecule has 0 fully saturated rings. The van der Waals surface area contributed by atoms with Crippen LogP contribution in [-0.4, -0.2) is 17.2 Å². The fourth-order valence-electron chi connectivity index (χ4n) is 10.8. The van der Waals surface area contributed by atoms with E-state index < -0.39 is 8.07 Å². The zero-order chi connectivity index (χ0) is 42.2. The van der Waals surface area contributed by atoms with Gasteiger partial charge in [-0.25, -0.2) is 0 Å². The van der Waals surface area contributed by atoms with Crippen molar-refractivity contribution in [3.05, 3.63) is 243 Å². The van der Waals surface area contributed by atoms with E-state index in [0.29, 0.717) is 0 Å². The van der Waals surface area contributed by atoms with Gasteiger partial charge in [0.15, 0.2) is 8.07 Å². The number of benzene rings is 10. The van der Waals surface area contributed by atoms with Gasteiger partial charge in [-0.2, -0.15) is 0 Å². The maximum absolute atomic E-state index is 2.77. The summed E-state index contributed by atoms with van der Waals surface area (Å²) < 4.78 is 7.62. The molecule has 2 nitrogen and oxygen atoms in total. The lowest BCUT2D eigenvalue weighted by molar-refractivity contribution is 1.16. The predicted octanol–water partition coefficient (Wildman–Crippen LogP) is 13.3. The average Bonchev–Trinajstić information content (AvgIpc) is 4.03. The lowest BCUT2D eigenvalue weighted by atomic mass is 9.95. The van der Waals surface area contributed by atoms with Gasteiger partial charge in [-0.1, -0.05) is 188 Å². The summed E-state index contributed by atoms with van der Waals surface area (Å²) in [5.41, 5.74) is 9.59. The van der Waals surface area contributed by atoms with Crippen molar-refractivity contribution in [2.24, 2.45) is 0 Å². The third-order valence-corrected chi connectivity index (χ3v) is 19.4. The van der Waals surface area contributed by atoms with Crippen LogP contribution in [0.3, 0.4) is 0 Å². The molecule has 3 aromatic heterocycles. The SMILES string of the molecule is c1ccc([Si](c2ccccc2)(c2ccccc2)c2cccc(-n3c4ccccc4c4ccc(-n5c6ccccc6c6c(-c7cccc8sc9ccccc9c78)cccc65)cc43)c2)cc1. The summed E-state index contributed by atoms with van der Waals surface area (Å²) in [6.07, 6.45) is 0. The highest BCUT2D eigenvalue weighted by molar-refractivity contribution is 7.26. The molecule has 0 atom stereocenters. The van der Waals surface area contributed by atoms with E-state index in [1.807, 2.05) is 11.3 Å². The Morgan fingerprint density at radius 2 is 0.750 bits per heavy atom. The molecule has 0 bridgehead atoms. The molecule has 300 valence electrons. The van der Waals surface area contributed by atoms with Gasteiger partial charge in [-0.3, -0.25) is 0 Å². The first kappa shape index (κ1) is 36.9. The molecule has 4 heteroatoms. The second-order valence-corrected chi connectivity index (χ2v) is 21.7. The van der Waals surface area contributed by atoms with E-state index in [2.05, 4.69) is 252 Å². The second kappa shape index (κ2) is 14.7. The van der Waals surface area contributed by atoms with Crippen LogP contribution in [0.5, 0.6) is 0 Å². The van der Waals surface area contributed by atoms with Crippen LogP contribution >= 0.6 is 11.3 Å². The Bertz CT molecular complexity index is 3800. The fourth-order valence-corrected chi connectivity index (χ4v) is 16.8. The van der Waals surface area contributed by atoms with E-state index in [9.17, 15) is 0 Å². The molecule has 13 aromatic rings. The summed E-state index contributed by atoms with van der Waals surface area (Å²) in [5, 5.41) is 13.1. The molecule has 0 N–H and O–H groups in total. The van der Waals surface area contributed by atoms with Crippen molar-refractivity contribution in [3.63, 3.8) is 0 Å². The number of hydrogen-bond acceptors (Lipinski definition) is 1. The standard InChI is InChI=1S/C60H40N2SSi/c1-4-20-43(21-5-1)64(44-22-6-2-7-23-44,45-24-8-3-9-25-45)46-26-16-19-41(39-46)62-53-32-13-10-27-47(53)48-38-37-42(40-56(48)62)61-54-33-14-11-28-51(54)59-49(30-17-34-55(59)61)50-31-18-36-58-60(50)52-29-12-15-35-57(52)63-58/h1-40H. The third-order valence-electron chi connectivity index (χ3n) is 13.5. The Balaban J connectivity index is 1.06. The Labute approximate surface area is 376 Å². The smallest absolute Gasteiger partial charge is 0.179 e. The molecule has 3 heterocycles. The molecule has 0 radical (unpaired) electrons. The van der Waals surface area contributed by atoms with E-state index in [1.54, 1.807) is 0 Å². The number of aromatic nitrogens is 2. The summed E-state index contributed by atoms with van der Waals surface area (Å²) in [5.74, 6) is 0. The maximum atomic E-state index is 2.50. The summed E-state index contributed by atoms with van der Waals surface area (Å²) in [6.45, 7) is 0. The summed E-state index contributed by atoms with van der Waals surface area (Å²) in [4.78, 5) is 0. The Morgan fingerprint density at radius 1 is 0.281 bits per heavy atom. The number of hydrogen-bond donors (Lipinski definition) is 0. The number of fused-ring (bicyclic) bond motifs is 9. The minimum absolute atomic E-state index is 1.14. The van der Waals surface area contributed by atoms with E-state index >= 15 is 0 Å². The first-order valence-electron chi connectivity index (χ1n) is 22.0. The van der Waals surface area contributed by atoms with Crippen molar-refractivity contribution in [3.8, 4) is 22.5 Å². The molecule has 0 aliphatic rings. The van der Waals surface area contributed by atoms with E-state index in [4.69, 9.17) is 0 Å². The van der Waals surface area contributed by atoms with Gasteiger partial charge in [0, 0.05) is 53.1 Å². The van der Waals surface area contributed by atoms with Gasteiger partial charge in [-0.05, 0) is 86.5 Å². The first-order valence-corrected chi connectivity index (χ1v) is 24.8. The monoisotopic (exact) mass is 848 g/mol. The summed E-state index contributed by atoms with van der Waals surface area (Å²) >= 11 is 1.88. The Morgan fingerprint density at radius 3 is 1.45 bits per heavy atom. The molecule has 0 saturated carbocycles. The van der Waals surface area contributed by atoms with Crippen LogP contribution in [0, 0.1) is 0 Å². The van der Waals surface area contributed by atoms with Crippen molar-refractivity contribution in [1.29, 1.82) is 0 Å². The highest BCUT2D eigenvalue weighted by atomic mass is 32.1. The quantitative estimate of drug-likeness (QED) is 0.112. The highest BCUT2D eigenvalue weighted by Crippen LogP contribution is 2.45.